The van der Waals surface area contributed by atoms with Gasteiger partial charge in [0, 0.05) is 29.1 Å². The Morgan fingerprint density at radius 3 is 2.86 bits per heavy atom. The third-order valence-corrected chi connectivity index (χ3v) is 6.03. The van der Waals surface area contributed by atoms with E-state index in [0.717, 1.165) is 11.3 Å². The lowest BCUT2D eigenvalue weighted by atomic mass is 10.1. The van der Waals surface area contributed by atoms with Crippen molar-refractivity contribution in [3.8, 4) is 11.4 Å². The van der Waals surface area contributed by atoms with E-state index in [1.165, 1.54) is 11.8 Å². The first kappa shape index (κ1) is 19.4. The summed E-state index contributed by atoms with van der Waals surface area (Å²) < 4.78 is 6.84. The van der Waals surface area contributed by atoms with Gasteiger partial charge in [-0.05, 0) is 13.3 Å². The van der Waals surface area contributed by atoms with Crippen LogP contribution in [0.1, 0.15) is 24.1 Å². The summed E-state index contributed by atoms with van der Waals surface area (Å²) in [5, 5.41) is 7.47. The molecule has 3 aromatic rings. The van der Waals surface area contributed by atoms with Gasteiger partial charge >= 0.3 is 0 Å². The number of nitrogens with zero attached hydrogens (tertiary/aromatic N) is 4. The average Bonchev–Trinajstić information content (AvgIpc) is 3.22. The van der Waals surface area contributed by atoms with Crippen LogP contribution in [0.15, 0.2) is 44.8 Å². The van der Waals surface area contributed by atoms with Crippen molar-refractivity contribution in [2.75, 3.05) is 5.75 Å². The third-order valence-electron chi connectivity index (χ3n) is 4.89. The SMILES string of the molecule is CCc1c(C)nc2n(c1=O)C[C@@H](C(=O)NCc1nc(-c3ccccc3)no1)CS2. The number of aryl methyl sites for hydroxylation is 1. The van der Waals surface area contributed by atoms with E-state index in [0.29, 0.717) is 41.2 Å². The van der Waals surface area contributed by atoms with Crippen LogP contribution in [0.4, 0.5) is 0 Å². The molecule has 0 aliphatic carbocycles. The predicted octanol–water partition coefficient (Wildman–Crippen LogP) is 2.20. The molecule has 1 atom stereocenters. The van der Waals surface area contributed by atoms with Crippen LogP contribution in [0, 0.1) is 12.8 Å². The number of hydrogen-bond acceptors (Lipinski definition) is 7. The van der Waals surface area contributed by atoms with Gasteiger partial charge in [-0.25, -0.2) is 4.98 Å². The molecular formula is C20H21N5O3S. The van der Waals surface area contributed by atoms with Gasteiger partial charge in [-0.15, -0.1) is 0 Å². The smallest absolute Gasteiger partial charge is 0.257 e. The quantitative estimate of drug-likeness (QED) is 0.642. The highest BCUT2D eigenvalue weighted by molar-refractivity contribution is 7.99. The molecule has 1 N–H and O–H groups in total. The van der Waals surface area contributed by atoms with Crippen molar-refractivity contribution in [2.45, 2.75) is 38.5 Å². The van der Waals surface area contributed by atoms with Crippen LogP contribution in [-0.4, -0.2) is 31.4 Å². The number of aromatic nitrogens is 4. The van der Waals surface area contributed by atoms with Crippen molar-refractivity contribution in [2.24, 2.45) is 5.92 Å². The van der Waals surface area contributed by atoms with E-state index in [4.69, 9.17) is 4.52 Å². The molecule has 1 aliphatic rings. The molecular weight excluding hydrogens is 390 g/mol. The normalized spacial score (nSPS) is 15.7. The van der Waals surface area contributed by atoms with Crippen LogP contribution in [0.5, 0.6) is 0 Å². The van der Waals surface area contributed by atoms with Gasteiger partial charge in [-0.3, -0.25) is 14.2 Å². The molecule has 9 heteroatoms. The average molecular weight is 411 g/mol. The van der Waals surface area contributed by atoms with Gasteiger partial charge in [0.1, 0.15) is 0 Å². The monoisotopic (exact) mass is 411 g/mol. The number of carbonyl (C=O) groups excluding carboxylic acids is 1. The number of thioether (sulfide) groups is 1. The Morgan fingerprint density at radius 1 is 1.31 bits per heavy atom. The molecule has 3 heterocycles. The van der Waals surface area contributed by atoms with Crippen LogP contribution < -0.4 is 10.9 Å². The van der Waals surface area contributed by atoms with Crippen LogP contribution >= 0.6 is 11.8 Å². The molecule has 0 spiro atoms. The van der Waals surface area contributed by atoms with E-state index >= 15 is 0 Å². The largest absolute Gasteiger partial charge is 0.347 e. The first-order valence-corrected chi connectivity index (χ1v) is 10.4. The zero-order chi connectivity index (χ0) is 20.4. The Hall–Kier alpha value is -2.94. The first-order valence-electron chi connectivity index (χ1n) is 9.45. The minimum Gasteiger partial charge on any atom is -0.347 e. The molecule has 150 valence electrons. The minimum absolute atomic E-state index is 0.0515. The molecule has 1 aliphatic heterocycles. The van der Waals surface area contributed by atoms with Crippen molar-refractivity contribution >= 4 is 17.7 Å². The Kier molecular flexibility index (Phi) is 5.48. The zero-order valence-electron chi connectivity index (χ0n) is 16.2. The highest BCUT2D eigenvalue weighted by Gasteiger charge is 2.28. The van der Waals surface area contributed by atoms with Gasteiger partial charge in [0.25, 0.3) is 5.56 Å². The third kappa shape index (κ3) is 3.95. The molecule has 4 rings (SSSR count). The van der Waals surface area contributed by atoms with Crippen LogP contribution in [0.2, 0.25) is 0 Å². The first-order chi connectivity index (χ1) is 14.1. The lowest BCUT2D eigenvalue weighted by molar-refractivity contribution is -0.125. The fourth-order valence-corrected chi connectivity index (χ4v) is 4.42. The van der Waals surface area contributed by atoms with Gasteiger partial charge in [-0.1, -0.05) is 54.2 Å². The number of amides is 1. The maximum absolute atomic E-state index is 12.7. The van der Waals surface area contributed by atoms with Gasteiger partial charge in [0.2, 0.25) is 17.6 Å². The van der Waals surface area contributed by atoms with Crippen molar-refractivity contribution in [3.63, 3.8) is 0 Å². The van der Waals surface area contributed by atoms with Crippen LogP contribution in [-0.2, 0) is 24.3 Å². The van der Waals surface area contributed by atoms with E-state index in [-0.39, 0.29) is 23.9 Å². The second kappa shape index (κ2) is 8.20. The molecule has 0 fully saturated rings. The maximum Gasteiger partial charge on any atom is 0.257 e. The van der Waals surface area contributed by atoms with Crippen molar-refractivity contribution in [3.05, 3.63) is 57.8 Å². The predicted molar refractivity (Wildman–Crippen MR) is 108 cm³/mol. The molecule has 1 amide bonds. The summed E-state index contributed by atoms with van der Waals surface area (Å²) in [7, 11) is 0. The van der Waals surface area contributed by atoms with Crippen molar-refractivity contribution < 1.29 is 9.32 Å². The van der Waals surface area contributed by atoms with E-state index in [9.17, 15) is 9.59 Å². The van der Waals surface area contributed by atoms with E-state index in [1.54, 1.807) is 4.57 Å². The summed E-state index contributed by atoms with van der Waals surface area (Å²) in [6, 6.07) is 9.49. The summed E-state index contributed by atoms with van der Waals surface area (Å²) in [6.45, 7) is 4.27. The number of fused-ring (bicyclic) bond motifs is 1. The molecule has 0 unspecified atom stereocenters. The standard InChI is InChI=1S/C20H21N5O3S/c1-3-15-12(2)22-20-25(19(15)27)10-14(11-29-20)18(26)21-9-16-23-17(24-28-16)13-7-5-4-6-8-13/h4-8,14H,3,9-11H2,1-2H3,(H,21,26)/t14-/m1/s1. The highest BCUT2D eigenvalue weighted by Crippen LogP contribution is 2.26. The fraction of sp³-hybridized carbons (Fsp3) is 0.350. The lowest BCUT2D eigenvalue weighted by Crippen LogP contribution is -2.40. The molecule has 2 aromatic heterocycles. The fourth-order valence-electron chi connectivity index (χ4n) is 3.30. The van der Waals surface area contributed by atoms with Gasteiger partial charge in [-0.2, -0.15) is 4.98 Å². The lowest BCUT2D eigenvalue weighted by Gasteiger charge is -2.25. The van der Waals surface area contributed by atoms with Gasteiger partial charge < -0.3 is 9.84 Å². The molecule has 29 heavy (non-hydrogen) atoms. The zero-order valence-corrected chi connectivity index (χ0v) is 17.0. The Morgan fingerprint density at radius 2 is 2.10 bits per heavy atom. The number of rotatable bonds is 5. The maximum atomic E-state index is 12.7. The minimum atomic E-state index is -0.323. The molecule has 0 saturated carbocycles. The summed E-state index contributed by atoms with van der Waals surface area (Å²) in [5.41, 5.74) is 2.27. The van der Waals surface area contributed by atoms with E-state index < -0.39 is 0 Å². The van der Waals surface area contributed by atoms with Crippen LogP contribution in [0.3, 0.4) is 0 Å². The summed E-state index contributed by atoms with van der Waals surface area (Å²) in [6.07, 6.45) is 0.625. The summed E-state index contributed by atoms with van der Waals surface area (Å²) in [4.78, 5) is 34.2. The van der Waals surface area contributed by atoms with E-state index in [2.05, 4.69) is 20.4 Å². The Bertz CT molecular complexity index is 1090. The molecule has 8 nitrogen and oxygen atoms in total. The summed E-state index contributed by atoms with van der Waals surface area (Å²) >= 11 is 1.44. The molecule has 1 aromatic carbocycles. The second-order valence-electron chi connectivity index (χ2n) is 6.83. The Labute approximate surface area is 171 Å². The van der Waals surface area contributed by atoms with Gasteiger partial charge in [0.05, 0.1) is 12.5 Å². The number of carbonyl (C=O) groups is 1. The Balaban J connectivity index is 1.42. The van der Waals surface area contributed by atoms with Crippen LogP contribution in [0.25, 0.3) is 11.4 Å². The van der Waals surface area contributed by atoms with Crippen molar-refractivity contribution in [1.29, 1.82) is 0 Å². The number of hydrogen-bond donors (Lipinski definition) is 1. The molecule has 0 bridgehead atoms. The van der Waals surface area contributed by atoms with Crippen molar-refractivity contribution in [1.82, 2.24) is 25.0 Å². The number of nitrogens with one attached hydrogen (secondary N) is 1. The summed E-state index contributed by atoms with van der Waals surface area (Å²) in [5.74, 6) is 0.924. The molecule has 0 saturated heterocycles. The highest BCUT2D eigenvalue weighted by atomic mass is 32.2. The van der Waals surface area contributed by atoms with E-state index in [1.807, 2.05) is 44.2 Å². The number of benzene rings is 1. The molecule has 0 radical (unpaired) electrons. The van der Waals surface area contributed by atoms with Gasteiger partial charge in [0.15, 0.2) is 5.16 Å². The topological polar surface area (TPSA) is 103 Å². The second-order valence-corrected chi connectivity index (χ2v) is 7.82.